The quantitative estimate of drug-likeness (QED) is 0.431. The fraction of sp³-hybridized carbons (Fsp3) is 0.143. The molecule has 0 saturated carbocycles. The Morgan fingerprint density at radius 1 is 1.13 bits per heavy atom. The highest BCUT2D eigenvalue weighted by Gasteiger charge is 2.22. The first-order chi connectivity index (χ1) is 15.1. The topological polar surface area (TPSA) is 87.5 Å². The molecule has 0 unspecified atom stereocenters. The smallest absolute Gasteiger partial charge is 0.279 e. The van der Waals surface area contributed by atoms with Gasteiger partial charge in [0.15, 0.2) is 5.69 Å². The van der Waals surface area contributed by atoms with Gasteiger partial charge in [-0.3, -0.25) is 9.20 Å². The summed E-state index contributed by atoms with van der Waals surface area (Å²) < 4.78 is 41.0. The summed E-state index contributed by atoms with van der Waals surface area (Å²) in [4.78, 5) is 21.8. The summed E-state index contributed by atoms with van der Waals surface area (Å²) in [6, 6.07) is 10.5. The van der Waals surface area contributed by atoms with Crippen molar-refractivity contribution >= 4 is 16.6 Å². The first-order valence-electron chi connectivity index (χ1n) is 9.35. The van der Waals surface area contributed by atoms with Gasteiger partial charge in [0.1, 0.15) is 23.5 Å². The molecule has 5 aromatic rings. The number of ether oxygens (including phenoxy) is 1. The zero-order chi connectivity index (χ0) is 21.5. The maximum atomic E-state index is 14.1. The van der Waals surface area contributed by atoms with Gasteiger partial charge in [-0.25, -0.2) is 13.8 Å². The molecule has 0 aliphatic heterocycles. The van der Waals surface area contributed by atoms with Crippen molar-refractivity contribution in [2.24, 2.45) is 0 Å². The van der Waals surface area contributed by atoms with Crippen LogP contribution in [0.15, 0.2) is 58.1 Å². The number of methoxy groups -OCH3 is 1. The van der Waals surface area contributed by atoms with Crippen LogP contribution < -0.4 is 5.56 Å². The maximum absolute atomic E-state index is 14.1. The average Bonchev–Trinajstić information content (AvgIpc) is 3.41. The number of hydrogen-bond donors (Lipinski definition) is 0. The van der Waals surface area contributed by atoms with Crippen LogP contribution in [-0.2, 0) is 11.3 Å². The van der Waals surface area contributed by atoms with E-state index in [0.717, 1.165) is 23.2 Å². The summed E-state index contributed by atoms with van der Waals surface area (Å²) >= 11 is 0. The third-order valence-electron chi connectivity index (χ3n) is 4.97. The van der Waals surface area contributed by atoms with E-state index in [-0.39, 0.29) is 34.0 Å². The molecule has 5 rings (SSSR count). The van der Waals surface area contributed by atoms with Crippen LogP contribution >= 0.6 is 0 Å². The van der Waals surface area contributed by atoms with E-state index in [9.17, 15) is 13.6 Å². The minimum atomic E-state index is -0.824. The number of hydrogen-bond acceptors (Lipinski definition) is 6. The highest BCUT2D eigenvalue weighted by molar-refractivity contribution is 5.83. The Morgan fingerprint density at radius 2 is 1.94 bits per heavy atom. The Kier molecular flexibility index (Phi) is 4.55. The standard InChI is InChI=1S/C21H15F2N5O3/c1-30-9-8-27-15-4-2-3-5-16(15)28-11-24-17(18(28)21(27)29)20-25-19(26-31-20)13-7-6-12(22)10-14(13)23/h2-7,10-11H,8-9H2,1H3. The lowest BCUT2D eigenvalue weighted by atomic mass is 10.2. The number of fused-ring (bicyclic) bond motifs is 3. The van der Waals surface area contributed by atoms with E-state index in [1.807, 2.05) is 24.3 Å². The van der Waals surface area contributed by atoms with E-state index in [1.165, 1.54) is 12.4 Å². The molecule has 0 atom stereocenters. The molecule has 0 amide bonds. The summed E-state index contributed by atoms with van der Waals surface area (Å²) in [5.74, 6) is -1.66. The first-order valence-corrected chi connectivity index (χ1v) is 9.35. The van der Waals surface area contributed by atoms with Gasteiger partial charge in [0, 0.05) is 19.7 Å². The predicted octanol–water partition coefficient (Wildman–Crippen LogP) is 3.29. The zero-order valence-electron chi connectivity index (χ0n) is 16.2. The Balaban J connectivity index is 1.71. The van der Waals surface area contributed by atoms with E-state index < -0.39 is 11.6 Å². The number of benzene rings is 2. The van der Waals surface area contributed by atoms with Gasteiger partial charge in [0.25, 0.3) is 11.4 Å². The van der Waals surface area contributed by atoms with Gasteiger partial charge in [-0.15, -0.1) is 0 Å². The van der Waals surface area contributed by atoms with Crippen molar-refractivity contribution < 1.29 is 18.0 Å². The number of aromatic nitrogens is 5. The molecule has 0 aliphatic carbocycles. The highest BCUT2D eigenvalue weighted by atomic mass is 19.1. The minimum Gasteiger partial charge on any atom is -0.383 e. The lowest BCUT2D eigenvalue weighted by molar-refractivity contribution is 0.187. The lowest BCUT2D eigenvalue weighted by Crippen LogP contribution is -2.24. The van der Waals surface area contributed by atoms with Gasteiger partial charge >= 0.3 is 0 Å². The van der Waals surface area contributed by atoms with E-state index in [2.05, 4.69) is 15.1 Å². The third kappa shape index (κ3) is 3.08. The molecular formula is C21H15F2N5O3. The Hall–Kier alpha value is -3.92. The molecule has 2 aromatic carbocycles. The van der Waals surface area contributed by atoms with Crippen molar-refractivity contribution in [1.82, 2.24) is 24.1 Å². The number of imidazole rings is 1. The molecule has 0 spiro atoms. The second-order valence-electron chi connectivity index (χ2n) is 6.80. The molecule has 8 nitrogen and oxygen atoms in total. The summed E-state index contributed by atoms with van der Waals surface area (Å²) in [5, 5.41) is 3.78. The zero-order valence-corrected chi connectivity index (χ0v) is 16.2. The van der Waals surface area contributed by atoms with Crippen LogP contribution in [0.25, 0.3) is 39.5 Å². The average molecular weight is 423 g/mol. The monoisotopic (exact) mass is 423 g/mol. The van der Waals surface area contributed by atoms with Crippen LogP contribution in [0.1, 0.15) is 0 Å². The number of halogens is 2. The van der Waals surface area contributed by atoms with Crippen molar-refractivity contribution in [2.75, 3.05) is 13.7 Å². The second-order valence-corrected chi connectivity index (χ2v) is 6.80. The first kappa shape index (κ1) is 19.1. The van der Waals surface area contributed by atoms with Gasteiger partial charge < -0.3 is 13.8 Å². The van der Waals surface area contributed by atoms with Crippen LogP contribution in [0.5, 0.6) is 0 Å². The van der Waals surface area contributed by atoms with Crippen molar-refractivity contribution in [3.05, 3.63) is 70.8 Å². The SMILES string of the molecule is COCCn1c(=O)c2c(-c3nc(-c4ccc(F)cc4F)no3)ncn2c2ccccc21. The largest absolute Gasteiger partial charge is 0.383 e. The highest BCUT2D eigenvalue weighted by Crippen LogP contribution is 2.27. The van der Waals surface area contributed by atoms with Crippen molar-refractivity contribution in [2.45, 2.75) is 6.54 Å². The molecule has 10 heteroatoms. The molecule has 0 saturated heterocycles. The fourth-order valence-electron chi connectivity index (χ4n) is 3.53. The van der Waals surface area contributed by atoms with Crippen LogP contribution in [-0.4, -0.2) is 37.8 Å². The van der Waals surface area contributed by atoms with Gasteiger partial charge in [0.2, 0.25) is 5.82 Å². The lowest BCUT2D eigenvalue weighted by Gasteiger charge is -2.11. The fourth-order valence-corrected chi connectivity index (χ4v) is 3.53. The van der Waals surface area contributed by atoms with Crippen LogP contribution in [0, 0.1) is 11.6 Å². The number of nitrogens with zero attached hydrogens (tertiary/aromatic N) is 5. The summed E-state index contributed by atoms with van der Waals surface area (Å²) in [6.45, 7) is 0.685. The summed E-state index contributed by atoms with van der Waals surface area (Å²) in [7, 11) is 1.56. The van der Waals surface area contributed by atoms with Gasteiger partial charge in [-0.05, 0) is 24.3 Å². The molecule has 0 fully saturated rings. The second kappa shape index (κ2) is 7.40. The molecule has 3 aromatic heterocycles. The Morgan fingerprint density at radius 3 is 2.71 bits per heavy atom. The summed E-state index contributed by atoms with van der Waals surface area (Å²) in [5.41, 5.74) is 1.56. The molecule has 3 heterocycles. The number of rotatable bonds is 5. The summed E-state index contributed by atoms with van der Waals surface area (Å²) in [6.07, 6.45) is 1.50. The van der Waals surface area contributed by atoms with Crippen molar-refractivity contribution in [3.8, 4) is 23.0 Å². The van der Waals surface area contributed by atoms with Gasteiger partial charge in [-0.1, -0.05) is 17.3 Å². The molecule has 0 N–H and O–H groups in total. The minimum absolute atomic E-state index is 0.0251. The van der Waals surface area contributed by atoms with Crippen LogP contribution in [0.3, 0.4) is 0 Å². The van der Waals surface area contributed by atoms with E-state index in [0.29, 0.717) is 13.2 Å². The van der Waals surface area contributed by atoms with Crippen LogP contribution in [0.4, 0.5) is 8.78 Å². The molecule has 156 valence electrons. The van der Waals surface area contributed by atoms with Crippen molar-refractivity contribution in [1.29, 1.82) is 0 Å². The molecule has 0 aliphatic rings. The Labute approximate surface area is 173 Å². The van der Waals surface area contributed by atoms with Gasteiger partial charge in [-0.2, -0.15) is 4.98 Å². The van der Waals surface area contributed by atoms with E-state index in [1.54, 1.807) is 16.1 Å². The molecule has 0 radical (unpaired) electrons. The van der Waals surface area contributed by atoms with E-state index in [4.69, 9.17) is 9.26 Å². The Bertz CT molecular complexity index is 1490. The van der Waals surface area contributed by atoms with Crippen LogP contribution in [0.2, 0.25) is 0 Å². The maximum Gasteiger partial charge on any atom is 0.279 e. The molecular weight excluding hydrogens is 408 g/mol. The molecule has 31 heavy (non-hydrogen) atoms. The van der Waals surface area contributed by atoms with E-state index >= 15 is 0 Å². The molecule has 0 bridgehead atoms. The predicted molar refractivity (Wildman–Crippen MR) is 107 cm³/mol. The normalized spacial score (nSPS) is 11.6. The third-order valence-corrected chi connectivity index (χ3v) is 4.97. The van der Waals surface area contributed by atoms with Crippen molar-refractivity contribution in [3.63, 3.8) is 0 Å². The number of para-hydroxylation sites is 2. The van der Waals surface area contributed by atoms with Gasteiger partial charge in [0.05, 0.1) is 23.2 Å².